The van der Waals surface area contributed by atoms with Crippen LogP contribution in [0.1, 0.15) is 84.9 Å². The molecular weight excluding hydrogens is 598 g/mol. The minimum atomic E-state index is -0.844. The molecule has 3 atom stereocenters. The molecule has 252 valence electrons. The first kappa shape index (κ1) is 31.7. The van der Waals surface area contributed by atoms with Crippen molar-refractivity contribution in [1.82, 2.24) is 10.6 Å². The zero-order valence-corrected chi connectivity index (χ0v) is 27.8. The van der Waals surface area contributed by atoms with E-state index in [1.54, 1.807) is 19.2 Å². The fourth-order valence-electron chi connectivity index (χ4n) is 8.07. The Morgan fingerprint density at radius 1 is 0.872 bits per heavy atom. The Balaban J connectivity index is 1.34. The Morgan fingerprint density at radius 3 is 2.30 bits per heavy atom. The number of phenolic OH excluding ortho intramolecular Hbond substituents is 1. The van der Waals surface area contributed by atoms with Gasteiger partial charge in [0.2, 0.25) is 5.75 Å². The van der Waals surface area contributed by atoms with Gasteiger partial charge in [-0.3, -0.25) is 5.32 Å². The lowest BCUT2D eigenvalue weighted by atomic mass is 9.73. The van der Waals surface area contributed by atoms with Gasteiger partial charge in [0.25, 0.3) is 0 Å². The second-order valence-corrected chi connectivity index (χ2v) is 13.0. The minimum absolute atomic E-state index is 0.0251. The number of aromatic hydroxyl groups is 1. The van der Waals surface area contributed by atoms with E-state index in [4.69, 9.17) is 23.7 Å². The van der Waals surface area contributed by atoms with Crippen molar-refractivity contribution >= 4 is 5.69 Å². The summed E-state index contributed by atoms with van der Waals surface area (Å²) in [7, 11) is 4.73. The number of nitrogens with one attached hydrogen (secondary N) is 3. The molecule has 10 nitrogen and oxygen atoms in total. The van der Waals surface area contributed by atoms with Crippen LogP contribution in [0.3, 0.4) is 0 Å². The van der Waals surface area contributed by atoms with Gasteiger partial charge in [-0.1, -0.05) is 26.2 Å². The average Bonchev–Trinajstić information content (AvgIpc) is 3.10. The summed E-state index contributed by atoms with van der Waals surface area (Å²) in [6.45, 7) is 4.30. The van der Waals surface area contributed by atoms with Crippen LogP contribution in [0.4, 0.5) is 5.69 Å². The first-order chi connectivity index (χ1) is 23.0. The van der Waals surface area contributed by atoms with Crippen molar-refractivity contribution in [2.45, 2.75) is 76.0 Å². The molecule has 5 N–H and O–H groups in total. The lowest BCUT2D eigenvalue weighted by Crippen LogP contribution is -2.38. The predicted molar refractivity (Wildman–Crippen MR) is 181 cm³/mol. The largest absolute Gasteiger partial charge is 0.502 e. The summed E-state index contributed by atoms with van der Waals surface area (Å²) in [6, 6.07) is 8.11. The summed E-state index contributed by atoms with van der Waals surface area (Å²) in [5, 5.41) is 33.7. The van der Waals surface area contributed by atoms with Crippen molar-refractivity contribution in [2.24, 2.45) is 0 Å². The third-order valence-corrected chi connectivity index (χ3v) is 10.4. The molecule has 1 saturated carbocycles. The number of hydrogen-bond donors (Lipinski definition) is 5. The van der Waals surface area contributed by atoms with Gasteiger partial charge in [-0.05, 0) is 61.1 Å². The topological polar surface area (TPSA) is 123 Å². The molecule has 0 bridgehead atoms. The van der Waals surface area contributed by atoms with Crippen LogP contribution in [0.5, 0.6) is 34.5 Å². The molecule has 0 amide bonds. The maximum absolute atomic E-state index is 12.1. The van der Waals surface area contributed by atoms with Crippen molar-refractivity contribution < 1.29 is 33.9 Å². The van der Waals surface area contributed by atoms with Crippen molar-refractivity contribution in [1.29, 1.82) is 0 Å². The van der Waals surface area contributed by atoms with Gasteiger partial charge >= 0.3 is 0 Å². The first-order valence-electron chi connectivity index (χ1n) is 17.0. The van der Waals surface area contributed by atoms with Crippen LogP contribution < -0.4 is 39.6 Å². The van der Waals surface area contributed by atoms with Crippen molar-refractivity contribution in [3.8, 4) is 45.6 Å². The second kappa shape index (κ2) is 13.3. The summed E-state index contributed by atoms with van der Waals surface area (Å²) in [6.07, 6.45) is 6.92. The number of rotatable bonds is 11. The van der Waals surface area contributed by atoms with Gasteiger partial charge in [-0.25, -0.2) is 0 Å². The molecule has 2 aliphatic heterocycles. The van der Waals surface area contributed by atoms with Crippen LogP contribution in [-0.2, 0) is 12.8 Å². The van der Waals surface area contributed by atoms with Gasteiger partial charge in [-0.15, -0.1) is 0 Å². The molecule has 10 heteroatoms. The van der Waals surface area contributed by atoms with Gasteiger partial charge < -0.3 is 44.5 Å². The summed E-state index contributed by atoms with van der Waals surface area (Å²) >= 11 is 0. The highest BCUT2D eigenvalue weighted by Crippen LogP contribution is 2.57. The lowest BCUT2D eigenvalue weighted by molar-refractivity contribution is 0.0878. The third-order valence-electron chi connectivity index (χ3n) is 10.4. The molecule has 3 aromatic rings. The Labute approximate surface area is 276 Å². The number of methoxy groups -OCH3 is 3. The van der Waals surface area contributed by atoms with Gasteiger partial charge in [0.1, 0.15) is 24.0 Å². The summed E-state index contributed by atoms with van der Waals surface area (Å²) in [5.74, 6) is 2.44. The monoisotopic (exact) mass is 645 g/mol. The van der Waals surface area contributed by atoms with Crippen LogP contribution >= 0.6 is 0 Å². The maximum atomic E-state index is 12.1. The second-order valence-electron chi connectivity index (χ2n) is 13.0. The van der Waals surface area contributed by atoms with E-state index in [-0.39, 0.29) is 29.9 Å². The molecule has 0 saturated heterocycles. The van der Waals surface area contributed by atoms with E-state index < -0.39 is 12.0 Å². The lowest BCUT2D eigenvalue weighted by Gasteiger charge is -2.41. The van der Waals surface area contributed by atoms with E-state index in [0.717, 1.165) is 76.5 Å². The smallest absolute Gasteiger partial charge is 0.200 e. The summed E-state index contributed by atoms with van der Waals surface area (Å²) in [4.78, 5) is 0. The van der Waals surface area contributed by atoms with Crippen molar-refractivity contribution in [2.75, 3.05) is 53.1 Å². The molecule has 4 aliphatic rings. The van der Waals surface area contributed by atoms with Crippen LogP contribution in [0, 0.1) is 0 Å². The highest BCUT2D eigenvalue weighted by molar-refractivity contribution is 5.94. The maximum Gasteiger partial charge on any atom is 0.200 e. The van der Waals surface area contributed by atoms with E-state index in [2.05, 4.69) is 35.0 Å². The minimum Gasteiger partial charge on any atom is -0.502 e. The quantitative estimate of drug-likeness (QED) is 0.131. The average molecular weight is 646 g/mol. The van der Waals surface area contributed by atoms with Crippen LogP contribution in [0.2, 0.25) is 0 Å². The normalized spacial score (nSPS) is 21.2. The zero-order chi connectivity index (χ0) is 32.7. The number of anilines is 1. The molecule has 7 rings (SSSR count). The molecule has 0 radical (unpaired) electrons. The molecular formula is C37H47N3O7. The number of benzene rings is 3. The number of fused-ring (bicyclic) bond motifs is 2. The number of hydrogen-bond acceptors (Lipinski definition) is 10. The Morgan fingerprint density at radius 2 is 1.60 bits per heavy atom. The fourth-order valence-corrected chi connectivity index (χ4v) is 8.07. The molecule has 1 fully saturated rings. The number of phenols is 1. The summed E-state index contributed by atoms with van der Waals surface area (Å²) in [5.41, 5.74) is 8.20. The van der Waals surface area contributed by atoms with Crippen LogP contribution in [-0.4, -0.2) is 64.0 Å². The molecule has 47 heavy (non-hydrogen) atoms. The van der Waals surface area contributed by atoms with Gasteiger partial charge in [0.15, 0.2) is 11.5 Å². The van der Waals surface area contributed by atoms with Gasteiger partial charge in [0.05, 0.1) is 40.1 Å². The zero-order valence-electron chi connectivity index (χ0n) is 27.8. The Hall–Kier alpha value is -3.86. The van der Waals surface area contributed by atoms with Crippen molar-refractivity contribution in [3.05, 3.63) is 52.1 Å². The van der Waals surface area contributed by atoms with E-state index >= 15 is 0 Å². The molecule has 2 aliphatic carbocycles. The van der Waals surface area contributed by atoms with Crippen LogP contribution in [0.25, 0.3) is 11.1 Å². The van der Waals surface area contributed by atoms with E-state index in [9.17, 15) is 10.2 Å². The van der Waals surface area contributed by atoms with E-state index in [1.165, 1.54) is 51.9 Å². The van der Waals surface area contributed by atoms with Gasteiger partial charge in [0, 0.05) is 58.6 Å². The van der Waals surface area contributed by atoms with Gasteiger partial charge in [-0.2, -0.15) is 0 Å². The fraction of sp³-hybridized carbons (Fsp3) is 0.514. The van der Waals surface area contributed by atoms with Crippen molar-refractivity contribution in [3.63, 3.8) is 0 Å². The Bertz CT molecular complexity index is 1610. The third kappa shape index (κ3) is 5.60. The highest BCUT2D eigenvalue weighted by atomic mass is 16.5. The first-order valence-corrected chi connectivity index (χ1v) is 17.0. The number of aliphatic hydroxyl groups excluding tert-OH is 1. The molecule has 3 aromatic carbocycles. The molecule has 0 unspecified atom stereocenters. The summed E-state index contributed by atoms with van der Waals surface area (Å²) < 4.78 is 29.7. The molecule has 0 aromatic heterocycles. The molecule has 0 spiro atoms. The predicted octanol–water partition coefficient (Wildman–Crippen LogP) is 5.73. The van der Waals surface area contributed by atoms with E-state index in [0.29, 0.717) is 18.5 Å². The van der Waals surface area contributed by atoms with Crippen LogP contribution in [0.15, 0.2) is 24.3 Å². The Kier molecular flexibility index (Phi) is 9.00. The van der Waals surface area contributed by atoms with E-state index in [1.807, 2.05) is 0 Å². The SMILES string of the molecule is CCNCOc1cc(OC)c2c3c1[C@H](CNC1CCCCC1)Nc1cc4c(c(c1-3)CC2)[C@@H](O)[C@H](c1cc(OC)c(O)c(OC)c1)CO4. The highest BCUT2D eigenvalue weighted by Gasteiger charge is 2.41. The number of aliphatic hydroxyl groups is 1. The standard InChI is InChI=1S/C37H47N3O7/c1-5-38-19-47-29-16-27(43-2)22-11-12-23-32-25(40-26(35(29)34(22)32)17-39-21-9-7-6-8-10-21)15-28-33(23)36(41)24(18-46-28)20-13-30(44-3)37(42)31(14-20)45-4/h13-16,21,24,26,36,38-42H,5-12,17-19H2,1-4H3/t24-,26-,36-/m0/s1. The molecule has 2 heterocycles. The number of ether oxygens (including phenoxy) is 5.